The molecule has 1 spiro atoms. The summed E-state index contributed by atoms with van der Waals surface area (Å²) >= 11 is 0. The molecule has 4 aliphatic rings. The van der Waals surface area contributed by atoms with Gasteiger partial charge in [0, 0.05) is 48.0 Å². The molecule has 10 heteroatoms. The van der Waals surface area contributed by atoms with Gasteiger partial charge in [0.15, 0.2) is 5.78 Å². The molecule has 0 saturated heterocycles. The Morgan fingerprint density at radius 1 is 1.24 bits per heavy atom. The quantitative estimate of drug-likeness (QED) is 0.107. The maximum Gasteiger partial charge on any atom is 0.414 e. The van der Waals surface area contributed by atoms with Crippen molar-refractivity contribution < 1.29 is 34.4 Å². The van der Waals surface area contributed by atoms with Crippen LogP contribution in [0.15, 0.2) is 76.9 Å². The van der Waals surface area contributed by atoms with E-state index in [1.807, 2.05) is 32.1 Å². The van der Waals surface area contributed by atoms with Crippen LogP contribution >= 0.6 is 0 Å². The third-order valence-electron chi connectivity index (χ3n) is 12.2. The first-order valence-electron chi connectivity index (χ1n) is 19.4. The van der Waals surface area contributed by atoms with E-state index in [2.05, 4.69) is 49.0 Å². The molecule has 292 valence electrons. The zero-order chi connectivity index (χ0) is 39.0. The molecular formula is C44H59N3O7. The van der Waals surface area contributed by atoms with Gasteiger partial charge >= 0.3 is 6.09 Å². The van der Waals surface area contributed by atoms with Crippen molar-refractivity contribution in [1.29, 1.82) is 0 Å². The van der Waals surface area contributed by atoms with E-state index in [0.29, 0.717) is 67.4 Å². The lowest BCUT2D eigenvalue weighted by molar-refractivity contribution is -0.167. The number of rotatable bonds is 9. The number of Topliss-reactive ketones (excluding diaryl/α,β-unsaturated/α-hetero) is 1. The third kappa shape index (κ3) is 8.83. The summed E-state index contributed by atoms with van der Waals surface area (Å²) < 4.78 is 11.6. The number of nitrogens with one attached hydrogen (secondary N) is 2. The molecule has 2 fully saturated rings. The summed E-state index contributed by atoms with van der Waals surface area (Å²) in [5, 5.41) is 41.0. The van der Waals surface area contributed by atoms with Crippen LogP contribution in [0.2, 0.25) is 0 Å². The molecule has 10 nitrogen and oxygen atoms in total. The minimum absolute atomic E-state index is 0.00515. The molecular weight excluding hydrogens is 682 g/mol. The van der Waals surface area contributed by atoms with Crippen molar-refractivity contribution in [2.45, 2.75) is 109 Å². The molecule has 54 heavy (non-hydrogen) atoms. The molecule has 0 aromatic heterocycles. The minimum atomic E-state index is -1.25. The molecule has 2 aliphatic heterocycles. The van der Waals surface area contributed by atoms with Gasteiger partial charge in [-0.3, -0.25) is 4.79 Å². The monoisotopic (exact) mass is 741 g/mol. The number of aliphatic hydroxyl groups is 3. The number of fused-ring (bicyclic) bond motifs is 1. The largest absolute Gasteiger partial charge is 0.414 e. The van der Waals surface area contributed by atoms with Gasteiger partial charge in [-0.05, 0) is 94.9 Å². The van der Waals surface area contributed by atoms with Gasteiger partial charge in [0.05, 0.1) is 18.3 Å². The van der Waals surface area contributed by atoms with Crippen LogP contribution in [0.3, 0.4) is 0 Å². The van der Waals surface area contributed by atoms with Gasteiger partial charge in [-0.15, -0.1) is 0 Å². The first kappa shape index (κ1) is 41.3. The number of ketones is 1. The second-order valence-corrected chi connectivity index (χ2v) is 15.5. The van der Waals surface area contributed by atoms with Gasteiger partial charge in [-0.25, -0.2) is 4.79 Å². The number of aliphatic hydroxyl groups excluding tert-OH is 2. The summed E-state index contributed by atoms with van der Waals surface area (Å²) in [5.74, 6) is 5.83. The number of carbonyl (C=O) groups is 2. The van der Waals surface area contributed by atoms with Crippen LogP contribution in [0.5, 0.6) is 5.75 Å². The molecule has 0 unspecified atom stereocenters. The van der Waals surface area contributed by atoms with E-state index in [1.54, 1.807) is 18.2 Å². The summed E-state index contributed by atoms with van der Waals surface area (Å²) in [7, 11) is 0. The first-order chi connectivity index (χ1) is 25.8. The number of benzene rings is 1. The number of ether oxygens (including phenoxy) is 2. The van der Waals surface area contributed by atoms with Crippen LogP contribution < -0.4 is 21.1 Å². The smallest absolute Gasteiger partial charge is 0.410 e. The Kier molecular flexibility index (Phi) is 13.9. The summed E-state index contributed by atoms with van der Waals surface area (Å²) in [4.78, 5) is 26.3. The molecule has 2 saturated carbocycles. The third-order valence-corrected chi connectivity index (χ3v) is 12.2. The number of hydrogen-bond donors (Lipinski definition) is 6. The van der Waals surface area contributed by atoms with Crippen molar-refractivity contribution >= 4 is 11.9 Å². The fourth-order valence-corrected chi connectivity index (χ4v) is 9.15. The second kappa shape index (κ2) is 18.2. The van der Waals surface area contributed by atoms with E-state index in [4.69, 9.17) is 15.2 Å². The van der Waals surface area contributed by atoms with E-state index in [9.17, 15) is 24.9 Å². The van der Waals surface area contributed by atoms with Crippen LogP contribution in [-0.4, -0.2) is 71.3 Å². The number of likely N-dealkylation sites (N-methyl/N-ethyl adjacent to an activating group) is 1. The molecule has 1 aromatic carbocycles. The van der Waals surface area contributed by atoms with Gasteiger partial charge < -0.3 is 41.2 Å². The van der Waals surface area contributed by atoms with Crippen LogP contribution in [0, 0.1) is 29.1 Å². The molecule has 5 rings (SSSR count). The topological polar surface area (TPSA) is 163 Å². The number of amides is 1. The number of carbonyl (C=O) groups excluding carboxylic acids is 2. The number of nitrogens with two attached hydrogens (primary N) is 1. The lowest BCUT2D eigenvalue weighted by atomic mass is 9.52. The van der Waals surface area contributed by atoms with E-state index in [0.717, 1.165) is 29.7 Å². The zero-order valence-corrected chi connectivity index (χ0v) is 32.4. The Hall–Kier alpha value is -3.82. The van der Waals surface area contributed by atoms with Gasteiger partial charge in [-0.1, -0.05) is 79.0 Å². The highest BCUT2D eigenvalue weighted by Crippen LogP contribution is 2.63. The zero-order valence-electron chi connectivity index (χ0n) is 32.4. The van der Waals surface area contributed by atoms with E-state index >= 15 is 0 Å². The van der Waals surface area contributed by atoms with E-state index in [-0.39, 0.29) is 49.9 Å². The van der Waals surface area contributed by atoms with Crippen molar-refractivity contribution in [3.8, 4) is 17.6 Å². The molecule has 2 aliphatic carbocycles. The Bertz CT molecular complexity index is 1760. The maximum atomic E-state index is 14.1. The van der Waals surface area contributed by atoms with Crippen LogP contribution in [-0.2, 0) is 16.0 Å². The standard InChI is InChI=1S/C44H59N3O7/c1-6-46-37-19-18-28(2)12-7-8-25-53-27-32(15-9-13-29(37)3)34-21-23-44(40(34)50)36(17-11-24-48)33(20-22-43(44,5)52)30(4)38(49)26-31-14-10-16-35-39(31)54-42(51)47-41(35)45/h9-10,13-16,18,34,36-37,40-41,46,48,50,52H,3,6,11-12,17,19-27,45H2,1-2,4-5H3,(H,47,51)/b13-9+,28-18+,32-15-,33-30+/t34-,36-,37+,40-,41+,43-,44-/m1/s1. The van der Waals surface area contributed by atoms with Crippen LogP contribution in [0.4, 0.5) is 4.79 Å². The van der Waals surface area contributed by atoms with Crippen molar-refractivity contribution in [3.63, 3.8) is 0 Å². The number of para-hydroxylation sites is 1. The van der Waals surface area contributed by atoms with Gasteiger partial charge in [0.2, 0.25) is 0 Å². The molecule has 1 aromatic rings. The summed E-state index contributed by atoms with van der Waals surface area (Å²) in [6.45, 7) is 13.4. The first-order valence-corrected chi connectivity index (χ1v) is 19.4. The number of hydrogen-bond acceptors (Lipinski definition) is 9. The average molecular weight is 742 g/mol. The van der Waals surface area contributed by atoms with Gasteiger partial charge in [0.1, 0.15) is 18.5 Å². The highest BCUT2D eigenvalue weighted by Gasteiger charge is 2.64. The molecule has 0 radical (unpaired) electrons. The average Bonchev–Trinajstić information content (AvgIpc) is 3.48. The second-order valence-electron chi connectivity index (χ2n) is 15.5. The normalized spacial score (nSPS) is 34.0. The fourth-order valence-electron chi connectivity index (χ4n) is 9.15. The van der Waals surface area contributed by atoms with Gasteiger partial charge in [-0.2, -0.15) is 0 Å². The van der Waals surface area contributed by atoms with E-state index in [1.165, 1.54) is 5.57 Å². The predicted octanol–water partition coefficient (Wildman–Crippen LogP) is 5.64. The van der Waals surface area contributed by atoms with Crippen molar-refractivity contribution in [1.82, 2.24) is 10.6 Å². The lowest BCUT2D eigenvalue weighted by Gasteiger charge is -2.55. The van der Waals surface area contributed by atoms with Crippen LogP contribution in [0.25, 0.3) is 0 Å². The lowest BCUT2D eigenvalue weighted by Crippen LogP contribution is -2.59. The Morgan fingerprint density at radius 2 is 2.04 bits per heavy atom. The number of allylic oxidation sites excluding steroid dienone is 5. The Balaban J connectivity index is 1.48. The van der Waals surface area contributed by atoms with E-state index < -0.39 is 29.4 Å². The molecule has 2 heterocycles. The Labute approximate surface area is 320 Å². The van der Waals surface area contributed by atoms with Crippen molar-refractivity contribution in [2.24, 2.45) is 23.0 Å². The molecule has 0 bridgehead atoms. The highest BCUT2D eigenvalue weighted by atomic mass is 16.6. The minimum Gasteiger partial charge on any atom is -0.410 e. The molecule has 7 N–H and O–H groups in total. The summed E-state index contributed by atoms with van der Waals surface area (Å²) in [6, 6.07) is 5.39. The summed E-state index contributed by atoms with van der Waals surface area (Å²) in [6.07, 6.45) is 10.2. The van der Waals surface area contributed by atoms with Crippen molar-refractivity contribution in [2.75, 3.05) is 26.4 Å². The maximum absolute atomic E-state index is 14.1. The van der Waals surface area contributed by atoms with Crippen LogP contribution in [0.1, 0.15) is 96.4 Å². The van der Waals surface area contributed by atoms with Gasteiger partial charge in [0.25, 0.3) is 0 Å². The highest BCUT2D eigenvalue weighted by molar-refractivity contribution is 5.97. The molecule has 1 amide bonds. The molecule has 7 atom stereocenters. The summed E-state index contributed by atoms with van der Waals surface area (Å²) in [5.41, 5.74) is 9.59. The fraction of sp³-hybridized carbons (Fsp3) is 0.545. The SMILES string of the molecule is C=C1/C=C/C=C(\[C@H]2CC[C@@]3([C@H](CCCO)/C(=C(\C)C(=O)Cc4cccc5c4OC(=O)N[C@@H]5N)CC[C@@]3(C)O)[C@@H]2O)COCC#CC/C(C)=C/C[C@@H]1NCC. The Morgan fingerprint density at radius 3 is 2.80 bits per heavy atom. The van der Waals surface area contributed by atoms with Crippen molar-refractivity contribution in [3.05, 3.63) is 88.1 Å². The predicted molar refractivity (Wildman–Crippen MR) is 210 cm³/mol.